The van der Waals surface area contributed by atoms with Gasteiger partial charge in [0.05, 0.1) is 11.0 Å². The average Bonchev–Trinajstić information content (AvgIpc) is 3.04. The van der Waals surface area contributed by atoms with Gasteiger partial charge in [0.15, 0.2) is 0 Å². The number of imidazole rings is 1. The second kappa shape index (κ2) is 4.29. The molecule has 0 saturated heterocycles. The molecule has 3 nitrogen and oxygen atoms in total. The van der Waals surface area contributed by atoms with Crippen molar-refractivity contribution in [2.24, 2.45) is 5.73 Å². The molecule has 1 heterocycles. The molecule has 2 aromatic rings. The number of halogens is 1. The monoisotopic (exact) mass is 273 g/mol. The summed E-state index contributed by atoms with van der Waals surface area (Å²) >= 11 is 0. The van der Waals surface area contributed by atoms with Crippen molar-refractivity contribution in [1.82, 2.24) is 9.55 Å². The predicted molar refractivity (Wildman–Crippen MR) is 77.2 cm³/mol. The van der Waals surface area contributed by atoms with Crippen LogP contribution >= 0.6 is 0 Å². The van der Waals surface area contributed by atoms with Crippen molar-refractivity contribution in [3.8, 4) is 0 Å². The van der Waals surface area contributed by atoms with Crippen molar-refractivity contribution in [1.29, 1.82) is 0 Å². The van der Waals surface area contributed by atoms with Crippen LogP contribution in [0.5, 0.6) is 0 Å². The molecule has 4 rings (SSSR count). The van der Waals surface area contributed by atoms with Crippen LogP contribution in [0.1, 0.15) is 50.4 Å². The maximum absolute atomic E-state index is 13.5. The molecule has 0 aliphatic heterocycles. The summed E-state index contributed by atoms with van der Waals surface area (Å²) in [6.45, 7) is 0.644. The lowest BCUT2D eigenvalue weighted by Gasteiger charge is -2.27. The first-order chi connectivity index (χ1) is 9.73. The van der Waals surface area contributed by atoms with Gasteiger partial charge in [0.1, 0.15) is 11.6 Å². The Balaban J connectivity index is 1.95. The van der Waals surface area contributed by atoms with E-state index < -0.39 is 0 Å². The number of benzene rings is 1. The summed E-state index contributed by atoms with van der Waals surface area (Å²) in [5.41, 5.74) is 7.98. The summed E-state index contributed by atoms with van der Waals surface area (Å²) in [6.07, 6.45) is 7.08. The van der Waals surface area contributed by atoms with Gasteiger partial charge in [0.25, 0.3) is 0 Å². The van der Waals surface area contributed by atoms with Gasteiger partial charge in [0, 0.05) is 24.1 Å². The SMILES string of the molecule is NCC1(c2nc3cc(F)ccc3n2C2CC2)CCCC1. The van der Waals surface area contributed by atoms with Crippen LogP contribution in [0.3, 0.4) is 0 Å². The van der Waals surface area contributed by atoms with Gasteiger partial charge < -0.3 is 10.3 Å². The molecular weight excluding hydrogens is 253 g/mol. The molecule has 0 unspecified atom stereocenters. The van der Waals surface area contributed by atoms with Gasteiger partial charge in [0.2, 0.25) is 0 Å². The smallest absolute Gasteiger partial charge is 0.125 e. The van der Waals surface area contributed by atoms with Crippen LogP contribution in [0.25, 0.3) is 11.0 Å². The molecule has 1 aromatic carbocycles. The first-order valence-electron chi connectivity index (χ1n) is 7.62. The summed E-state index contributed by atoms with van der Waals surface area (Å²) in [6, 6.07) is 5.51. The number of nitrogens with two attached hydrogens (primary N) is 1. The van der Waals surface area contributed by atoms with Crippen LogP contribution in [0.2, 0.25) is 0 Å². The number of fused-ring (bicyclic) bond motifs is 1. The third kappa shape index (κ3) is 1.71. The van der Waals surface area contributed by atoms with E-state index >= 15 is 0 Å². The van der Waals surface area contributed by atoms with E-state index in [2.05, 4.69) is 4.57 Å². The molecule has 20 heavy (non-hydrogen) atoms. The average molecular weight is 273 g/mol. The lowest BCUT2D eigenvalue weighted by molar-refractivity contribution is 0.406. The summed E-state index contributed by atoms with van der Waals surface area (Å²) in [5, 5.41) is 0. The van der Waals surface area contributed by atoms with Crippen molar-refractivity contribution in [3.63, 3.8) is 0 Å². The standard InChI is InChI=1S/C16H20FN3/c17-11-3-6-14-13(9-11)19-15(20(14)12-4-5-12)16(10-18)7-1-2-8-16/h3,6,9,12H,1-2,4-5,7-8,10,18H2. The third-order valence-corrected chi connectivity index (χ3v) is 4.99. The number of rotatable bonds is 3. The maximum Gasteiger partial charge on any atom is 0.125 e. The van der Waals surface area contributed by atoms with Gasteiger partial charge in [-0.15, -0.1) is 0 Å². The quantitative estimate of drug-likeness (QED) is 0.932. The van der Waals surface area contributed by atoms with Crippen molar-refractivity contribution in [3.05, 3.63) is 29.8 Å². The normalized spacial score (nSPS) is 21.7. The van der Waals surface area contributed by atoms with Gasteiger partial charge >= 0.3 is 0 Å². The summed E-state index contributed by atoms with van der Waals surface area (Å²) in [4.78, 5) is 4.80. The highest BCUT2D eigenvalue weighted by Gasteiger charge is 2.41. The number of nitrogens with zero attached hydrogens (tertiary/aromatic N) is 2. The molecule has 0 atom stereocenters. The summed E-state index contributed by atoms with van der Waals surface area (Å²) < 4.78 is 15.8. The number of hydrogen-bond acceptors (Lipinski definition) is 2. The van der Waals surface area contributed by atoms with Crippen molar-refractivity contribution < 1.29 is 4.39 Å². The minimum absolute atomic E-state index is 0.0120. The first kappa shape index (κ1) is 12.3. The zero-order valence-electron chi connectivity index (χ0n) is 11.6. The highest BCUT2D eigenvalue weighted by Crippen LogP contribution is 2.46. The van der Waals surface area contributed by atoms with Crippen LogP contribution < -0.4 is 5.73 Å². The Morgan fingerprint density at radius 1 is 1.30 bits per heavy atom. The molecular formula is C16H20FN3. The van der Waals surface area contributed by atoms with E-state index in [0.29, 0.717) is 12.6 Å². The second-order valence-electron chi connectivity index (χ2n) is 6.36. The van der Waals surface area contributed by atoms with Crippen molar-refractivity contribution >= 4 is 11.0 Å². The van der Waals surface area contributed by atoms with Gasteiger partial charge in [-0.25, -0.2) is 9.37 Å². The Hall–Kier alpha value is -1.42. The zero-order valence-corrected chi connectivity index (χ0v) is 11.6. The molecule has 2 fully saturated rings. The number of hydrogen-bond donors (Lipinski definition) is 1. The molecule has 0 amide bonds. The summed E-state index contributed by atoms with van der Waals surface area (Å²) in [5.74, 6) is 0.901. The fourth-order valence-corrected chi connectivity index (χ4v) is 3.72. The lowest BCUT2D eigenvalue weighted by Crippen LogP contribution is -2.35. The largest absolute Gasteiger partial charge is 0.329 e. The molecule has 106 valence electrons. The van der Waals surface area contributed by atoms with E-state index in [1.165, 1.54) is 31.7 Å². The molecule has 0 bridgehead atoms. The molecule has 4 heteroatoms. The molecule has 2 saturated carbocycles. The van der Waals surface area contributed by atoms with Gasteiger partial charge in [-0.1, -0.05) is 12.8 Å². The Bertz CT molecular complexity index is 651. The van der Waals surface area contributed by atoms with E-state index in [1.54, 1.807) is 6.07 Å². The summed E-state index contributed by atoms with van der Waals surface area (Å²) in [7, 11) is 0. The third-order valence-electron chi connectivity index (χ3n) is 4.99. The highest BCUT2D eigenvalue weighted by molar-refractivity contribution is 5.76. The van der Waals surface area contributed by atoms with Crippen LogP contribution in [0, 0.1) is 5.82 Å². The van der Waals surface area contributed by atoms with Gasteiger partial charge in [-0.05, 0) is 37.8 Å². The first-order valence-corrected chi connectivity index (χ1v) is 7.62. The van der Waals surface area contributed by atoms with Crippen LogP contribution in [0.15, 0.2) is 18.2 Å². The van der Waals surface area contributed by atoms with Crippen molar-refractivity contribution in [2.45, 2.75) is 50.0 Å². The fraction of sp³-hybridized carbons (Fsp3) is 0.562. The Labute approximate surface area is 118 Å². The minimum Gasteiger partial charge on any atom is -0.329 e. The molecule has 0 spiro atoms. The van der Waals surface area contributed by atoms with E-state index in [1.807, 2.05) is 6.07 Å². The Morgan fingerprint density at radius 2 is 2.05 bits per heavy atom. The Morgan fingerprint density at radius 3 is 2.70 bits per heavy atom. The lowest BCUT2D eigenvalue weighted by atomic mass is 9.85. The molecule has 0 radical (unpaired) electrons. The van der Waals surface area contributed by atoms with E-state index in [0.717, 1.165) is 29.7 Å². The van der Waals surface area contributed by atoms with Gasteiger partial charge in [-0.2, -0.15) is 0 Å². The topological polar surface area (TPSA) is 43.8 Å². The highest BCUT2D eigenvalue weighted by atomic mass is 19.1. The second-order valence-corrected chi connectivity index (χ2v) is 6.36. The maximum atomic E-state index is 13.5. The fourth-order valence-electron chi connectivity index (χ4n) is 3.72. The molecule has 2 aliphatic carbocycles. The van der Waals surface area contributed by atoms with Crippen molar-refractivity contribution in [2.75, 3.05) is 6.54 Å². The molecule has 2 N–H and O–H groups in total. The van der Waals surface area contributed by atoms with E-state index in [4.69, 9.17) is 10.7 Å². The number of aromatic nitrogens is 2. The van der Waals surface area contributed by atoms with E-state index in [9.17, 15) is 4.39 Å². The molecule has 1 aromatic heterocycles. The zero-order chi connectivity index (χ0) is 13.7. The predicted octanol–water partition coefficient (Wildman–Crippen LogP) is 3.28. The van der Waals surface area contributed by atoms with Gasteiger partial charge in [-0.3, -0.25) is 0 Å². The molecule has 2 aliphatic rings. The Kier molecular flexibility index (Phi) is 2.64. The minimum atomic E-state index is -0.210. The van der Waals surface area contributed by atoms with Crippen LogP contribution in [-0.2, 0) is 5.41 Å². The van der Waals surface area contributed by atoms with Crippen LogP contribution in [0.4, 0.5) is 4.39 Å². The van der Waals surface area contributed by atoms with E-state index in [-0.39, 0.29) is 11.2 Å². The van der Waals surface area contributed by atoms with Crippen LogP contribution in [-0.4, -0.2) is 16.1 Å².